The first-order chi connectivity index (χ1) is 12.8. The summed E-state index contributed by atoms with van der Waals surface area (Å²) in [6.45, 7) is 9.41. The Morgan fingerprint density at radius 2 is 1.96 bits per heavy atom. The van der Waals surface area contributed by atoms with Crippen molar-refractivity contribution in [2.75, 3.05) is 53.4 Å². The van der Waals surface area contributed by atoms with E-state index in [1.165, 1.54) is 6.07 Å². The number of likely N-dealkylation sites (N-methyl/N-ethyl adjacent to an activating group) is 1. The highest BCUT2D eigenvalue weighted by Crippen LogP contribution is 2.10. The first-order valence-electron chi connectivity index (χ1n) is 9.55. The van der Waals surface area contributed by atoms with Gasteiger partial charge in [-0.05, 0) is 23.6 Å². The molecule has 1 aliphatic rings. The van der Waals surface area contributed by atoms with Crippen LogP contribution in [-0.2, 0) is 11.3 Å². The van der Waals surface area contributed by atoms with E-state index >= 15 is 0 Å². The van der Waals surface area contributed by atoms with E-state index in [1.807, 2.05) is 6.07 Å². The minimum atomic E-state index is -0.191. The number of rotatable bonds is 6. The highest BCUT2D eigenvalue weighted by molar-refractivity contribution is 5.84. The number of benzene rings is 1. The molecule has 1 N–H and O–H groups in total. The number of aliphatic imine (C=N–C) groups is 1. The van der Waals surface area contributed by atoms with E-state index in [2.05, 4.69) is 34.0 Å². The fourth-order valence-corrected chi connectivity index (χ4v) is 2.86. The Labute approximate surface area is 162 Å². The van der Waals surface area contributed by atoms with Gasteiger partial charge >= 0.3 is 0 Å². The van der Waals surface area contributed by atoms with Gasteiger partial charge in [-0.3, -0.25) is 9.69 Å². The van der Waals surface area contributed by atoms with Gasteiger partial charge in [-0.1, -0.05) is 26.0 Å². The Morgan fingerprint density at radius 1 is 1.26 bits per heavy atom. The molecule has 1 fully saturated rings. The number of halogens is 1. The predicted molar refractivity (Wildman–Crippen MR) is 107 cm³/mol. The molecule has 27 heavy (non-hydrogen) atoms. The van der Waals surface area contributed by atoms with Crippen LogP contribution in [0.5, 0.6) is 0 Å². The molecule has 1 heterocycles. The number of nitrogens with one attached hydrogen (secondary N) is 1. The minimum absolute atomic E-state index is 0.0106. The summed E-state index contributed by atoms with van der Waals surface area (Å²) < 4.78 is 13.4. The molecule has 1 aromatic rings. The molecular weight excluding hydrogens is 345 g/mol. The Morgan fingerprint density at radius 3 is 2.56 bits per heavy atom. The van der Waals surface area contributed by atoms with E-state index in [0.717, 1.165) is 50.8 Å². The molecule has 0 saturated carbocycles. The highest BCUT2D eigenvalue weighted by Gasteiger charge is 2.20. The van der Waals surface area contributed by atoms with Crippen molar-refractivity contribution < 1.29 is 9.18 Å². The van der Waals surface area contributed by atoms with Gasteiger partial charge in [0.2, 0.25) is 5.91 Å². The van der Waals surface area contributed by atoms with E-state index < -0.39 is 0 Å². The molecule has 150 valence electrons. The van der Waals surface area contributed by atoms with Gasteiger partial charge in [0.25, 0.3) is 0 Å². The summed E-state index contributed by atoms with van der Waals surface area (Å²) >= 11 is 0. The van der Waals surface area contributed by atoms with Gasteiger partial charge in [0.15, 0.2) is 5.96 Å². The van der Waals surface area contributed by atoms with Crippen molar-refractivity contribution >= 4 is 11.9 Å². The Kier molecular flexibility index (Phi) is 8.03. The third kappa shape index (κ3) is 7.17. The molecule has 0 aliphatic carbocycles. The zero-order valence-corrected chi connectivity index (χ0v) is 16.9. The first-order valence-corrected chi connectivity index (χ1v) is 9.55. The van der Waals surface area contributed by atoms with E-state index in [9.17, 15) is 9.18 Å². The van der Waals surface area contributed by atoms with Crippen LogP contribution in [0, 0.1) is 11.7 Å². The molecule has 1 amide bonds. The molecule has 2 rings (SSSR count). The Hall–Kier alpha value is -2.15. The van der Waals surface area contributed by atoms with Gasteiger partial charge in [0.1, 0.15) is 12.4 Å². The fourth-order valence-electron chi connectivity index (χ4n) is 2.86. The Balaban J connectivity index is 1.93. The smallest absolute Gasteiger partial charge is 0.243 e. The number of hydrogen-bond donors (Lipinski definition) is 1. The SMILES string of the molecule is CC(C)CNC(=NCC(=O)N(C)C)N1CCN(Cc2cccc(F)c2)CC1. The molecule has 0 aromatic heterocycles. The fraction of sp³-hybridized carbons (Fsp3) is 0.600. The van der Waals surface area contributed by atoms with Crippen LogP contribution in [0.25, 0.3) is 0 Å². The van der Waals surface area contributed by atoms with Crippen LogP contribution >= 0.6 is 0 Å². The van der Waals surface area contributed by atoms with Crippen molar-refractivity contribution in [3.05, 3.63) is 35.6 Å². The van der Waals surface area contributed by atoms with Crippen molar-refractivity contribution in [2.24, 2.45) is 10.9 Å². The summed E-state index contributed by atoms with van der Waals surface area (Å²) in [5, 5.41) is 3.39. The summed E-state index contributed by atoms with van der Waals surface area (Å²) in [7, 11) is 3.48. The molecule has 0 unspecified atom stereocenters. The second-order valence-corrected chi connectivity index (χ2v) is 7.60. The van der Waals surface area contributed by atoms with Crippen LogP contribution in [0.4, 0.5) is 4.39 Å². The molecule has 0 bridgehead atoms. The third-order valence-electron chi connectivity index (χ3n) is 4.50. The van der Waals surface area contributed by atoms with Gasteiger partial charge in [0, 0.05) is 53.4 Å². The Bertz CT molecular complexity index is 639. The standard InChI is InChI=1S/C20H32FN5O/c1-16(2)13-22-20(23-14-19(27)24(3)4)26-10-8-25(9-11-26)15-17-6-5-7-18(21)12-17/h5-7,12,16H,8-11,13-15H2,1-4H3,(H,22,23). The van der Waals surface area contributed by atoms with Crippen LogP contribution in [-0.4, -0.2) is 79.9 Å². The number of piperazine rings is 1. The number of nitrogens with zero attached hydrogens (tertiary/aromatic N) is 4. The van der Waals surface area contributed by atoms with Crippen molar-refractivity contribution in [1.82, 2.24) is 20.0 Å². The lowest BCUT2D eigenvalue weighted by atomic mass is 10.2. The summed E-state index contributed by atoms with van der Waals surface area (Å²) in [5.41, 5.74) is 0.992. The normalized spacial score (nSPS) is 15.9. The van der Waals surface area contributed by atoms with Crippen molar-refractivity contribution in [2.45, 2.75) is 20.4 Å². The maximum atomic E-state index is 13.4. The van der Waals surface area contributed by atoms with E-state index in [-0.39, 0.29) is 18.3 Å². The zero-order chi connectivity index (χ0) is 19.8. The molecule has 0 atom stereocenters. The second-order valence-electron chi connectivity index (χ2n) is 7.60. The summed E-state index contributed by atoms with van der Waals surface area (Å²) in [5.74, 6) is 1.09. The highest BCUT2D eigenvalue weighted by atomic mass is 19.1. The van der Waals surface area contributed by atoms with Crippen molar-refractivity contribution in [3.8, 4) is 0 Å². The number of amides is 1. The maximum Gasteiger partial charge on any atom is 0.243 e. The number of carbonyl (C=O) groups is 1. The predicted octanol–water partition coefficient (Wildman–Crippen LogP) is 1.63. The van der Waals surface area contributed by atoms with Crippen LogP contribution in [0.2, 0.25) is 0 Å². The molecule has 6 nitrogen and oxygen atoms in total. The topological polar surface area (TPSA) is 51.2 Å². The lowest BCUT2D eigenvalue weighted by molar-refractivity contribution is -0.127. The quantitative estimate of drug-likeness (QED) is 0.605. The average Bonchev–Trinajstić information content (AvgIpc) is 2.62. The van der Waals surface area contributed by atoms with Crippen LogP contribution in [0.3, 0.4) is 0 Å². The summed E-state index contributed by atoms with van der Waals surface area (Å²) in [6.07, 6.45) is 0. The van der Waals surface area contributed by atoms with E-state index in [1.54, 1.807) is 31.1 Å². The van der Waals surface area contributed by atoms with Crippen molar-refractivity contribution in [1.29, 1.82) is 0 Å². The van der Waals surface area contributed by atoms with E-state index in [4.69, 9.17) is 0 Å². The van der Waals surface area contributed by atoms with Gasteiger partial charge in [-0.2, -0.15) is 0 Å². The largest absolute Gasteiger partial charge is 0.356 e. The molecule has 1 aromatic carbocycles. The molecule has 7 heteroatoms. The number of hydrogen-bond acceptors (Lipinski definition) is 3. The summed E-state index contributed by atoms with van der Waals surface area (Å²) in [4.78, 5) is 22.5. The first kappa shape index (κ1) is 21.2. The maximum absolute atomic E-state index is 13.4. The molecule has 0 spiro atoms. The molecule has 1 saturated heterocycles. The molecule has 0 radical (unpaired) electrons. The lowest BCUT2D eigenvalue weighted by Crippen LogP contribution is -2.52. The minimum Gasteiger partial charge on any atom is -0.356 e. The van der Waals surface area contributed by atoms with Gasteiger partial charge in [-0.25, -0.2) is 9.38 Å². The lowest BCUT2D eigenvalue weighted by Gasteiger charge is -2.36. The van der Waals surface area contributed by atoms with Gasteiger partial charge in [-0.15, -0.1) is 0 Å². The average molecular weight is 378 g/mol. The van der Waals surface area contributed by atoms with Crippen molar-refractivity contribution in [3.63, 3.8) is 0 Å². The van der Waals surface area contributed by atoms with Gasteiger partial charge < -0.3 is 15.1 Å². The zero-order valence-electron chi connectivity index (χ0n) is 16.9. The second kappa shape index (κ2) is 10.3. The van der Waals surface area contributed by atoms with E-state index in [0.29, 0.717) is 5.92 Å². The van der Waals surface area contributed by atoms with Crippen LogP contribution < -0.4 is 5.32 Å². The van der Waals surface area contributed by atoms with Crippen LogP contribution in [0.15, 0.2) is 29.3 Å². The van der Waals surface area contributed by atoms with Crippen LogP contribution in [0.1, 0.15) is 19.4 Å². The monoisotopic (exact) mass is 377 g/mol. The number of guanidine groups is 1. The molecular formula is C20H32FN5O. The number of carbonyl (C=O) groups excluding carboxylic acids is 1. The molecule has 1 aliphatic heterocycles. The third-order valence-corrected chi connectivity index (χ3v) is 4.50. The van der Waals surface area contributed by atoms with Gasteiger partial charge in [0.05, 0.1) is 0 Å². The summed E-state index contributed by atoms with van der Waals surface area (Å²) in [6, 6.07) is 6.78.